The van der Waals surface area contributed by atoms with Crippen LogP contribution in [0.3, 0.4) is 0 Å². The number of halogens is 1. The van der Waals surface area contributed by atoms with Crippen LogP contribution in [0.4, 0.5) is 17.1 Å². The quantitative estimate of drug-likeness (QED) is 0.0980. The Morgan fingerprint density at radius 2 is 1.40 bits per heavy atom. The topological polar surface area (TPSA) is 90.5 Å². The zero-order valence-electron chi connectivity index (χ0n) is 25.8. The van der Waals surface area contributed by atoms with Crippen molar-refractivity contribution in [3.05, 3.63) is 161 Å². The average Bonchev–Trinajstić information content (AvgIpc) is 3.09. The summed E-state index contributed by atoms with van der Waals surface area (Å²) in [6, 6.07) is 40.1. The number of hydrogen-bond acceptors (Lipinski definition) is 5. The first-order valence-corrected chi connectivity index (χ1v) is 16.1. The van der Waals surface area contributed by atoms with Crippen LogP contribution in [-0.2, 0) is 9.59 Å². The Bertz CT molecular complexity index is 1880. The Hall–Kier alpha value is -5.31. The first kappa shape index (κ1) is 33.1. The van der Waals surface area contributed by atoms with Gasteiger partial charge in [0.2, 0.25) is 5.91 Å². The maximum absolute atomic E-state index is 13.7. The molecule has 0 heterocycles. The van der Waals surface area contributed by atoms with Gasteiger partial charge in [-0.25, -0.2) is 0 Å². The molecule has 0 spiro atoms. The molecule has 5 aromatic rings. The fourth-order valence-electron chi connectivity index (χ4n) is 4.62. The van der Waals surface area contributed by atoms with E-state index in [1.54, 1.807) is 66.7 Å². The smallest absolute Gasteiger partial charge is 0.272 e. The molecule has 5 rings (SSSR count). The van der Waals surface area contributed by atoms with Crippen LogP contribution in [0.15, 0.2) is 144 Å². The first-order valence-electron chi connectivity index (χ1n) is 14.8. The van der Waals surface area contributed by atoms with E-state index >= 15 is 0 Å². The van der Waals surface area contributed by atoms with E-state index in [2.05, 4.69) is 16.0 Å². The second kappa shape index (κ2) is 15.8. The fraction of sp³-hybridized carbons (Fsp3) is 0.0789. The SMILES string of the molecule is CN(C)c1ccc(/C=C(/NC(=O)c2ccccc2)C(=O)Nc2cccc(SC(C(=O)Nc3ccccc3Cl)c3ccccc3)c2)cc1. The third-order valence-corrected chi connectivity index (χ3v) is 8.64. The highest BCUT2D eigenvalue weighted by atomic mass is 35.5. The predicted molar refractivity (Wildman–Crippen MR) is 193 cm³/mol. The van der Waals surface area contributed by atoms with Gasteiger partial charge in [-0.15, -0.1) is 11.8 Å². The number of benzene rings is 5. The molecule has 0 saturated carbocycles. The van der Waals surface area contributed by atoms with Crippen LogP contribution in [0.25, 0.3) is 6.08 Å². The van der Waals surface area contributed by atoms with Crippen LogP contribution < -0.4 is 20.9 Å². The van der Waals surface area contributed by atoms with E-state index in [1.807, 2.05) is 91.8 Å². The molecule has 0 aliphatic heterocycles. The fourth-order valence-corrected chi connectivity index (χ4v) is 5.89. The molecule has 5 aromatic carbocycles. The molecule has 0 bridgehead atoms. The summed E-state index contributed by atoms with van der Waals surface area (Å²) in [7, 11) is 3.90. The highest BCUT2D eigenvalue weighted by molar-refractivity contribution is 8.00. The molecule has 1 unspecified atom stereocenters. The second-order valence-corrected chi connectivity index (χ2v) is 12.3. The van der Waals surface area contributed by atoms with Gasteiger partial charge in [-0.05, 0) is 71.8 Å². The Labute approximate surface area is 283 Å². The molecule has 0 aliphatic carbocycles. The first-order chi connectivity index (χ1) is 22.8. The molecule has 0 saturated heterocycles. The minimum Gasteiger partial charge on any atom is -0.378 e. The van der Waals surface area contributed by atoms with Crippen molar-refractivity contribution in [2.75, 3.05) is 29.6 Å². The van der Waals surface area contributed by atoms with Gasteiger partial charge in [0.25, 0.3) is 11.8 Å². The largest absolute Gasteiger partial charge is 0.378 e. The molecular weight excluding hydrogens is 628 g/mol. The van der Waals surface area contributed by atoms with Crippen molar-refractivity contribution in [2.24, 2.45) is 0 Å². The van der Waals surface area contributed by atoms with Gasteiger partial charge in [0.1, 0.15) is 10.9 Å². The molecule has 3 amide bonds. The maximum Gasteiger partial charge on any atom is 0.272 e. The molecular formula is C38H33ClN4O3S. The summed E-state index contributed by atoms with van der Waals surface area (Å²) in [6.07, 6.45) is 1.64. The predicted octanol–water partition coefficient (Wildman–Crippen LogP) is 8.29. The number of carbonyl (C=O) groups is 3. The number of nitrogens with zero attached hydrogens (tertiary/aromatic N) is 1. The molecule has 47 heavy (non-hydrogen) atoms. The molecule has 0 aliphatic rings. The summed E-state index contributed by atoms with van der Waals surface area (Å²) >= 11 is 7.66. The van der Waals surface area contributed by atoms with Gasteiger partial charge in [-0.2, -0.15) is 0 Å². The Morgan fingerprint density at radius 1 is 0.745 bits per heavy atom. The van der Waals surface area contributed by atoms with E-state index in [-0.39, 0.29) is 11.6 Å². The van der Waals surface area contributed by atoms with Crippen molar-refractivity contribution in [3.63, 3.8) is 0 Å². The Kier molecular flexibility index (Phi) is 11.1. The van der Waals surface area contributed by atoms with E-state index in [9.17, 15) is 14.4 Å². The lowest BCUT2D eigenvalue weighted by Crippen LogP contribution is -2.30. The van der Waals surface area contributed by atoms with E-state index in [4.69, 9.17) is 11.6 Å². The van der Waals surface area contributed by atoms with Gasteiger partial charge >= 0.3 is 0 Å². The normalized spacial score (nSPS) is 11.7. The highest BCUT2D eigenvalue weighted by Gasteiger charge is 2.23. The lowest BCUT2D eigenvalue weighted by Gasteiger charge is -2.18. The highest BCUT2D eigenvalue weighted by Crippen LogP contribution is 2.37. The summed E-state index contributed by atoms with van der Waals surface area (Å²) in [6.45, 7) is 0. The number of anilines is 3. The third-order valence-electron chi connectivity index (χ3n) is 7.07. The number of amides is 3. The van der Waals surface area contributed by atoms with Crippen LogP contribution in [-0.4, -0.2) is 31.8 Å². The van der Waals surface area contributed by atoms with Gasteiger partial charge in [0.05, 0.1) is 10.7 Å². The number of rotatable bonds is 11. The molecule has 0 aromatic heterocycles. The van der Waals surface area contributed by atoms with Gasteiger partial charge in [-0.1, -0.05) is 90.5 Å². The molecule has 0 radical (unpaired) electrons. The van der Waals surface area contributed by atoms with Crippen molar-refractivity contribution in [1.82, 2.24) is 5.32 Å². The summed E-state index contributed by atoms with van der Waals surface area (Å²) in [5.41, 5.74) is 4.09. The number of carbonyl (C=O) groups excluding carboxylic acids is 3. The summed E-state index contributed by atoms with van der Waals surface area (Å²) in [5.74, 6) is -1.14. The molecule has 1 atom stereocenters. The zero-order chi connectivity index (χ0) is 33.2. The van der Waals surface area contributed by atoms with Crippen LogP contribution in [0.2, 0.25) is 5.02 Å². The van der Waals surface area contributed by atoms with Crippen LogP contribution in [0, 0.1) is 0 Å². The van der Waals surface area contributed by atoms with E-state index in [0.29, 0.717) is 22.0 Å². The zero-order valence-corrected chi connectivity index (χ0v) is 27.4. The van der Waals surface area contributed by atoms with Gasteiger partial charge in [-0.3, -0.25) is 14.4 Å². The average molecular weight is 661 g/mol. The van der Waals surface area contributed by atoms with Crippen LogP contribution >= 0.6 is 23.4 Å². The summed E-state index contributed by atoms with van der Waals surface area (Å²) in [5, 5.41) is 8.48. The van der Waals surface area contributed by atoms with Gasteiger partial charge < -0.3 is 20.9 Å². The summed E-state index contributed by atoms with van der Waals surface area (Å²) < 4.78 is 0. The summed E-state index contributed by atoms with van der Waals surface area (Å²) in [4.78, 5) is 43.0. The minimum absolute atomic E-state index is 0.0794. The molecule has 0 fully saturated rings. The van der Waals surface area contributed by atoms with E-state index in [0.717, 1.165) is 21.7 Å². The van der Waals surface area contributed by atoms with Gasteiger partial charge in [0.15, 0.2) is 0 Å². The van der Waals surface area contributed by atoms with Crippen LogP contribution in [0.1, 0.15) is 26.7 Å². The molecule has 3 N–H and O–H groups in total. The molecule has 7 nitrogen and oxygen atoms in total. The van der Waals surface area contributed by atoms with Crippen molar-refractivity contribution in [2.45, 2.75) is 10.1 Å². The third kappa shape index (κ3) is 9.13. The monoisotopic (exact) mass is 660 g/mol. The number of para-hydroxylation sites is 1. The second-order valence-electron chi connectivity index (χ2n) is 10.7. The van der Waals surface area contributed by atoms with Crippen molar-refractivity contribution in [3.8, 4) is 0 Å². The van der Waals surface area contributed by atoms with E-state index < -0.39 is 17.1 Å². The molecule has 236 valence electrons. The van der Waals surface area contributed by atoms with Crippen molar-refractivity contribution < 1.29 is 14.4 Å². The van der Waals surface area contributed by atoms with Crippen LogP contribution in [0.5, 0.6) is 0 Å². The van der Waals surface area contributed by atoms with Crippen molar-refractivity contribution in [1.29, 1.82) is 0 Å². The number of hydrogen-bond donors (Lipinski definition) is 3. The standard InChI is InChI=1S/C38H33ClN4O3S/c1-43(2)30-22-20-26(21-23-30)24-34(42-36(44)28-14-7-4-8-15-28)37(45)40-29-16-11-17-31(25-29)47-35(27-12-5-3-6-13-27)38(46)41-33-19-10-9-18-32(33)39/h3-25,35H,1-2H3,(H,40,45)(H,41,46)(H,42,44)/b34-24+. The lowest BCUT2D eigenvalue weighted by atomic mass is 10.1. The number of nitrogens with one attached hydrogen (secondary N) is 3. The maximum atomic E-state index is 13.7. The molecule has 9 heteroatoms. The van der Waals surface area contributed by atoms with E-state index in [1.165, 1.54) is 11.8 Å². The lowest BCUT2D eigenvalue weighted by molar-refractivity contribution is -0.116. The number of thioether (sulfide) groups is 1. The Balaban J connectivity index is 1.38. The van der Waals surface area contributed by atoms with Crippen molar-refractivity contribution >= 4 is 64.2 Å². The Morgan fingerprint density at radius 3 is 2.09 bits per heavy atom. The minimum atomic E-state index is -0.607. The van der Waals surface area contributed by atoms with Gasteiger partial charge in [0, 0.05) is 35.9 Å².